The van der Waals surface area contributed by atoms with E-state index >= 15 is 0 Å². The van der Waals surface area contributed by atoms with Gasteiger partial charge in [-0.2, -0.15) is 4.31 Å². The molecule has 168 valence electrons. The summed E-state index contributed by atoms with van der Waals surface area (Å²) in [6.45, 7) is 6.00. The summed E-state index contributed by atoms with van der Waals surface area (Å²) in [4.78, 5) is 14.7. The van der Waals surface area contributed by atoms with Crippen LogP contribution >= 0.6 is 0 Å². The number of amides is 1. The molecule has 0 saturated carbocycles. The highest BCUT2D eigenvalue weighted by molar-refractivity contribution is 7.89. The Balaban J connectivity index is 2.02. The maximum Gasteiger partial charge on any atom is 0.258 e. The van der Waals surface area contributed by atoms with Crippen molar-refractivity contribution in [1.29, 1.82) is 0 Å². The maximum atomic E-state index is 14.1. The molecule has 1 aliphatic rings. The molecule has 2 aromatic carbocycles. The van der Waals surface area contributed by atoms with Gasteiger partial charge in [-0.05, 0) is 57.0 Å². The van der Waals surface area contributed by atoms with Crippen molar-refractivity contribution in [2.24, 2.45) is 0 Å². The topological polar surface area (TPSA) is 69.7 Å². The molecule has 0 aliphatic carbocycles. The Morgan fingerprint density at radius 3 is 2.39 bits per heavy atom. The number of piperidine rings is 1. The molecular formula is C22H27F2N3O3S. The van der Waals surface area contributed by atoms with Crippen LogP contribution in [0.4, 0.5) is 20.2 Å². The standard InChI is InChI=1S/C22H27F2N3O3S/c1-3-26(4-2)20-12-11-16(31(29,30)27-13-6-5-7-14-27)15-19(20)25-22(28)17-9-8-10-18(23)21(17)24/h8-12,15H,3-7,13-14H2,1-2H3,(H,25,28). The van der Waals surface area contributed by atoms with Gasteiger partial charge in [-0.25, -0.2) is 17.2 Å². The predicted molar refractivity (Wildman–Crippen MR) is 117 cm³/mol. The van der Waals surface area contributed by atoms with E-state index in [-0.39, 0.29) is 10.6 Å². The maximum absolute atomic E-state index is 14.1. The van der Waals surface area contributed by atoms with E-state index in [1.54, 1.807) is 6.07 Å². The molecule has 31 heavy (non-hydrogen) atoms. The first-order valence-electron chi connectivity index (χ1n) is 10.4. The van der Waals surface area contributed by atoms with Gasteiger partial charge in [0, 0.05) is 26.2 Å². The molecule has 1 amide bonds. The Bertz CT molecular complexity index is 1050. The van der Waals surface area contributed by atoms with Crippen LogP contribution in [0.15, 0.2) is 41.3 Å². The first kappa shape index (κ1) is 23.1. The quantitative estimate of drug-likeness (QED) is 0.684. The van der Waals surface area contributed by atoms with Crippen LogP contribution in [0.3, 0.4) is 0 Å². The lowest BCUT2D eigenvalue weighted by Gasteiger charge is -2.28. The third kappa shape index (κ3) is 4.88. The van der Waals surface area contributed by atoms with E-state index in [0.29, 0.717) is 31.9 Å². The molecule has 0 radical (unpaired) electrons. The fourth-order valence-electron chi connectivity index (χ4n) is 3.74. The number of hydrogen-bond donors (Lipinski definition) is 1. The number of sulfonamides is 1. The van der Waals surface area contributed by atoms with Gasteiger partial charge in [0.2, 0.25) is 10.0 Å². The molecule has 1 heterocycles. The SMILES string of the molecule is CCN(CC)c1ccc(S(=O)(=O)N2CCCCC2)cc1NC(=O)c1cccc(F)c1F. The molecule has 6 nitrogen and oxygen atoms in total. The van der Waals surface area contributed by atoms with Crippen LogP contribution in [-0.2, 0) is 10.0 Å². The first-order valence-corrected chi connectivity index (χ1v) is 11.9. The fourth-order valence-corrected chi connectivity index (χ4v) is 5.28. The van der Waals surface area contributed by atoms with Gasteiger partial charge in [-0.15, -0.1) is 0 Å². The van der Waals surface area contributed by atoms with Crippen LogP contribution < -0.4 is 10.2 Å². The highest BCUT2D eigenvalue weighted by atomic mass is 32.2. The average Bonchev–Trinajstić information content (AvgIpc) is 2.77. The van der Waals surface area contributed by atoms with Crippen molar-refractivity contribution in [3.63, 3.8) is 0 Å². The van der Waals surface area contributed by atoms with Crippen LogP contribution in [0.5, 0.6) is 0 Å². The van der Waals surface area contributed by atoms with Crippen LogP contribution in [0, 0.1) is 11.6 Å². The zero-order valence-corrected chi connectivity index (χ0v) is 18.5. The molecule has 0 aromatic heterocycles. The summed E-state index contributed by atoms with van der Waals surface area (Å²) in [7, 11) is -3.73. The van der Waals surface area contributed by atoms with Gasteiger partial charge in [0.1, 0.15) is 0 Å². The normalized spacial score (nSPS) is 15.0. The summed E-state index contributed by atoms with van der Waals surface area (Å²) in [6, 6.07) is 7.92. The minimum absolute atomic E-state index is 0.0559. The summed E-state index contributed by atoms with van der Waals surface area (Å²) in [6.07, 6.45) is 2.60. The van der Waals surface area contributed by atoms with E-state index in [1.165, 1.54) is 28.6 Å². The molecule has 0 spiro atoms. The number of nitrogens with one attached hydrogen (secondary N) is 1. The number of halogens is 2. The van der Waals surface area contributed by atoms with Crippen molar-refractivity contribution in [3.05, 3.63) is 53.6 Å². The summed E-state index contributed by atoms with van der Waals surface area (Å²) in [5.74, 6) is -3.22. The van der Waals surface area contributed by atoms with Crippen LogP contribution in [0.25, 0.3) is 0 Å². The van der Waals surface area contributed by atoms with Gasteiger partial charge in [0.15, 0.2) is 11.6 Å². The van der Waals surface area contributed by atoms with Gasteiger partial charge in [-0.1, -0.05) is 12.5 Å². The Morgan fingerprint density at radius 2 is 1.74 bits per heavy atom. The number of nitrogens with zero attached hydrogens (tertiary/aromatic N) is 2. The fraction of sp³-hybridized carbons (Fsp3) is 0.409. The summed E-state index contributed by atoms with van der Waals surface area (Å²) in [5, 5.41) is 2.59. The predicted octanol–water partition coefficient (Wildman–Crippen LogP) is 4.24. The van der Waals surface area contributed by atoms with Crippen molar-refractivity contribution in [1.82, 2.24) is 4.31 Å². The smallest absolute Gasteiger partial charge is 0.258 e. The van der Waals surface area contributed by atoms with E-state index in [9.17, 15) is 22.0 Å². The largest absolute Gasteiger partial charge is 0.370 e. The van der Waals surface area contributed by atoms with Gasteiger partial charge < -0.3 is 10.2 Å². The highest BCUT2D eigenvalue weighted by Crippen LogP contribution is 2.31. The second-order valence-electron chi connectivity index (χ2n) is 7.37. The van der Waals surface area contributed by atoms with Crippen molar-refractivity contribution in [2.75, 3.05) is 36.4 Å². The zero-order valence-electron chi connectivity index (χ0n) is 17.7. The molecule has 0 bridgehead atoms. The van der Waals surface area contributed by atoms with Crippen LogP contribution in [0.2, 0.25) is 0 Å². The molecule has 1 N–H and O–H groups in total. The minimum Gasteiger partial charge on any atom is -0.370 e. The molecule has 9 heteroatoms. The number of benzene rings is 2. The molecule has 1 fully saturated rings. The first-order chi connectivity index (χ1) is 14.8. The number of hydrogen-bond acceptors (Lipinski definition) is 4. The summed E-state index contributed by atoms with van der Waals surface area (Å²) >= 11 is 0. The van der Waals surface area contributed by atoms with E-state index in [0.717, 1.165) is 25.3 Å². The average molecular weight is 452 g/mol. The molecule has 1 saturated heterocycles. The Hall–Kier alpha value is -2.52. The van der Waals surface area contributed by atoms with Crippen LogP contribution in [-0.4, -0.2) is 44.8 Å². The Kier molecular flexibility index (Phi) is 7.27. The van der Waals surface area contributed by atoms with E-state index < -0.39 is 33.1 Å². The third-order valence-electron chi connectivity index (χ3n) is 5.47. The molecule has 0 unspecified atom stereocenters. The number of carbonyl (C=O) groups excluding carboxylic acids is 1. The highest BCUT2D eigenvalue weighted by Gasteiger charge is 2.27. The van der Waals surface area contributed by atoms with Crippen molar-refractivity contribution < 1.29 is 22.0 Å². The van der Waals surface area contributed by atoms with E-state index in [1.807, 2.05) is 18.7 Å². The third-order valence-corrected chi connectivity index (χ3v) is 7.36. The monoisotopic (exact) mass is 451 g/mol. The van der Waals surface area contributed by atoms with Crippen LogP contribution in [0.1, 0.15) is 43.5 Å². The van der Waals surface area contributed by atoms with Gasteiger partial charge in [0.25, 0.3) is 5.91 Å². The minimum atomic E-state index is -3.73. The summed E-state index contributed by atoms with van der Waals surface area (Å²) in [5.41, 5.74) is 0.387. The number of carbonyl (C=O) groups is 1. The van der Waals surface area contributed by atoms with Gasteiger partial charge in [0.05, 0.1) is 21.8 Å². The van der Waals surface area contributed by atoms with E-state index in [4.69, 9.17) is 0 Å². The molecule has 3 rings (SSSR count). The van der Waals surface area contributed by atoms with Gasteiger partial charge in [-0.3, -0.25) is 4.79 Å². The lowest BCUT2D eigenvalue weighted by Crippen LogP contribution is -2.35. The lowest BCUT2D eigenvalue weighted by atomic mass is 10.1. The Labute approximate surface area is 181 Å². The molecule has 1 aliphatic heterocycles. The number of rotatable bonds is 7. The van der Waals surface area contributed by atoms with Crippen molar-refractivity contribution >= 4 is 27.3 Å². The lowest BCUT2D eigenvalue weighted by molar-refractivity contribution is 0.102. The second-order valence-corrected chi connectivity index (χ2v) is 9.31. The second kappa shape index (κ2) is 9.74. The van der Waals surface area contributed by atoms with Crippen molar-refractivity contribution in [2.45, 2.75) is 38.0 Å². The number of anilines is 2. The summed E-state index contributed by atoms with van der Waals surface area (Å²) < 4.78 is 55.3. The van der Waals surface area contributed by atoms with E-state index in [2.05, 4.69) is 5.32 Å². The zero-order chi connectivity index (χ0) is 22.6. The molecule has 0 atom stereocenters. The molecule has 2 aromatic rings. The van der Waals surface area contributed by atoms with Crippen molar-refractivity contribution in [3.8, 4) is 0 Å². The molecular weight excluding hydrogens is 424 g/mol. The van der Waals surface area contributed by atoms with Gasteiger partial charge >= 0.3 is 0 Å². The Morgan fingerprint density at radius 1 is 1.06 bits per heavy atom.